The molecule has 0 N–H and O–H groups in total. The van der Waals surface area contributed by atoms with E-state index in [1.807, 2.05) is 0 Å². The van der Waals surface area contributed by atoms with Crippen LogP contribution < -0.4 is 0 Å². The van der Waals surface area contributed by atoms with E-state index in [1.165, 1.54) is 103 Å². The highest BCUT2D eigenvalue weighted by molar-refractivity contribution is 9.09. The molecule has 0 rings (SSSR count). The van der Waals surface area contributed by atoms with Crippen molar-refractivity contribution < 1.29 is 4.74 Å². The van der Waals surface area contributed by atoms with Crippen LogP contribution in [0, 0.1) is 0 Å². The monoisotopic (exact) mass is 402 g/mol. The van der Waals surface area contributed by atoms with E-state index in [0.717, 1.165) is 18.5 Å². The summed E-state index contributed by atoms with van der Waals surface area (Å²) < 4.78 is 5.62. The lowest BCUT2D eigenvalue weighted by Crippen LogP contribution is -1.97. The molecule has 0 bridgehead atoms. The van der Waals surface area contributed by atoms with Gasteiger partial charge >= 0.3 is 0 Å². The average molecular weight is 403 g/mol. The van der Waals surface area contributed by atoms with Crippen LogP contribution in [0.5, 0.6) is 0 Å². The maximum absolute atomic E-state index is 5.62. The summed E-state index contributed by atoms with van der Waals surface area (Å²) in [7, 11) is 0. The Morgan fingerprint density at radius 1 is 0.583 bits per heavy atom. The number of unbranched alkanes of at least 4 members (excludes halogenated alkanes) is 13. The zero-order chi connectivity index (χ0) is 17.6. The SMILES string of the molecule is CCCCCCCC/C=C\CCCCCCCCOCCCCBr. The number of hydrogen-bond donors (Lipinski definition) is 0. The Labute approximate surface area is 161 Å². The van der Waals surface area contributed by atoms with E-state index < -0.39 is 0 Å². The highest BCUT2D eigenvalue weighted by Crippen LogP contribution is 2.10. The standard InChI is InChI=1S/C22H43BrO/c1-2-3-4-5-6-7-8-9-10-11-12-13-14-15-16-18-21-24-22-19-17-20-23/h9-10H,2-8,11-22H2,1H3/b10-9-. The quantitative estimate of drug-likeness (QED) is 0.113. The van der Waals surface area contributed by atoms with E-state index in [2.05, 4.69) is 35.0 Å². The molecule has 0 aliphatic rings. The second-order valence-corrected chi connectivity index (χ2v) is 7.74. The van der Waals surface area contributed by atoms with Crippen molar-refractivity contribution in [1.82, 2.24) is 0 Å². The smallest absolute Gasteiger partial charge is 0.0466 e. The molecule has 0 saturated heterocycles. The second kappa shape index (κ2) is 23.2. The molecule has 0 atom stereocenters. The summed E-state index contributed by atoms with van der Waals surface area (Å²) in [6.45, 7) is 4.19. The van der Waals surface area contributed by atoms with Gasteiger partial charge in [-0.15, -0.1) is 0 Å². The molecule has 0 unspecified atom stereocenters. The van der Waals surface area contributed by atoms with Gasteiger partial charge in [0.1, 0.15) is 0 Å². The highest BCUT2D eigenvalue weighted by Gasteiger charge is 1.93. The van der Waals surface area contributed by atoms with E-state index in [9.17, 15) is 0 Å². The van der Waals surface area contributed by atoms with Gasteiger partial charge in [-0.25, -0.2) is 0 Å². The molecule has 2 heteroatoms. The number of ether oxygens (including phenoxy) is 1. The van der Waals surface area contributed by atoms with Crippen LogP contribution in [-0.4, -0.2) is 18.5 Å². The predicted octanol–water partition coefficient (Wildman–Crippen LogP) is 8.22. The van der Waals surface area contributed by atoms with Crippen molar-refractivity contribution in [2.75, 3.05) is 18.5 Å². The van der Waals surface area contributed by atoms with Crippen LogP contribution in [0.15, 0.2) is 12.2 Å². The van der Waals surface area contributed by atoms with Crippen molar-refractivity contribution in [3.63, 3.8) is 0 Å². The molecular formula is C22H43BrO. The number of rotatable bonds is 20. The van der Waals surface area contributed by atoms with E-state index in [4.69, 9.17) is 4.74 Å². The van der Waals surface area contributed by atoms with E-state index in [0.29, 0.717) is 0 Å². The minimum Gasteiger partial charge on any atom is -0.381 e. The molecule has 144 valence electrons. The zero-order valence-electron chi connectivity index (χ0n) is 16.4. The first-order chi connectivity index (χ1) is 11.9. The summed E-state index contributed by atoms with van der Waals surface area (Å²) in [5.74, 6) is 0. The molecule has 0 heterocycles. The molecule has 0 aromatic heterocycles. The Morgan fingerprint density at radius 3 is 1.58 bits per heavy atom. The third-order valence-corrected chi connectivity index (χ3v) is 5.03. The molecule has 0 spiro atoms. The van der Waals surface area contributed by atoms with Crippen LogP contribution in [0.3, 0.4) is 0 Å². The lowest BCUT2D eigenvalue weighted by Gasteiger charge is -2.03. The van der Waals surface area contributed by atoms with Crippen molar-refractivity contribution in [2.24, 2.45) is 0 Å². The fourth-order valence-electron chi connectivity index (χ4n) is 2.85. The van der Waals surface area contributed by atoms with Gasteiger partial charge in [-0.05, 0) is 44.9 Å². The van der Waals surface area contributed by atoms with Gasteiger partial charge in [-0.2, -0.15) is 0 Å². The average Bonchev–Trinajstić information content (AvgIpc) is 2.60. The molecule has 0 aromatic rings. The normalized spacial score (nSPS) is 11.6. The summed E-state index contributed by atoms with van der Waals surface area (Å²) in [6.07, 6.45) is 26.4. The molecule has 24 heavy (non-hydrogen) atoms. The highest BCUT2D eigenvalue weighted by atomic mass is 79.9. The molecule has 0 radical (unpaired) electrons. The fraction of sp³-hybridized carbons (Fsp3) is 0.909. The number of hydrogen-bond acceptors (Lipinski definition) is 1. The summed E-state index contributed by atoms with van der Waals surface area (Å²) in [5, 5.41) is 1.10. The molecule has 0 aliphatic heterocycles. The summed E-state index contributed by atoms with van der Waals surface area (Å²) >= 11 is 3.44. The van der Waals surface area contributed by atoms with Gasteiger partial charge in [-0.3, -0.25) is 0 Å². The minimum atomic E-state index is 0.941. The molecule has 0 amide bonds. The Morgan fingerprint density at radius 2 is 1.04 bits per heavy atom. The number of halogens is 1. The third-order valence-electron chi connectivity index (χ3n) is 4.47. The maximum Gasteiger partial charge on any atom is 0.0466 e. The second-order valence-electron chi connectivity index (χ2n) is 6.95. The zero-order valence-corrected chi connectivity index (χ0v) is 18.0. The van der Waals surface area contributed by atoms with Gasteiger partial charge in [0.2, 0.25) is 0 Å². The molecule has 0 saturated carbocycles. The van der Waals surface area contributed by atoms with E-state index in [-0.39, 0.29) is 0 Å². The van der Waals surface area contributed by atoms with Crippen LogP contribution >= 0.6 is 15.9 Å². The summed E-state index contributed by atoms with van der Waals surface area (Å²) in [5.41, 5.74) is 0. The van der Waals surface area contributed by atoms with Gasteiger partial charge in [0, 0.05) is 18.5 Å². The first-order valence-corrected chi connectivity index (χ1v) is 11.8. The maximum atomic E-state index is 5.62. The number of allylic oxidation sites excluding steroid dienone is 2. The largest absolute Gasteiger partial charge is 0.381 e. The minimum absolute atomic E-state index is 0.941. The Bertz CT molecular complexity index is 240. The number of alkyl halides is 1. The third kappa shape index (κ3) is 22.2. The lowest BCUT2D eigenvalue weighted by molar-refractivity contribution is 0.127. The van der Waals surface area contributed by atoms with Gasteiger partial charge < -0.3 is 4.74 Å². The van der Waals surface area contributed by atoms with E-state index >= 15 is 0 Å². The molecule has 0 fully saturated rings. The summed E-state index contributed by atoms with van der Waals surface area (Å²) in [6, 6.07) is 0. The van der Waals surface area contributed by atoms with E-state index in [1.54, 1.807) is 0 Å². The van der Waals surface area contributed by atoms with Crippen molar-refractivity contribution in [3.05, 3.63) is 12.2 Å². The Kier molecular flexibility index (Phi) is 23.4. The van der Waals surface area contributed by atoms with Crippen LogP contribution in [0.1, 0.15) is 110 Å². The first kappa shape index (κ1) is 24.2. The molecule has 0 aromatic carbocycles. The van der Waals surface area contributed by atoms with Crippen molar-refractivity contribution in [3.8, 4) is 0 Å². The fourth-order valence-corrected chi connectivity index (χ4v) is 3.25. The van der Waals surface area contributed by atoms with Crippen molar-refractivity contribution in [2.45, 2.75) is 110 Å². The van der Waals surface area contributed by atoms with Crippen molar-refractivity contribution >= 4 is 15.9 Å². The Balaban J connectivity index is 3.03. The van der Waals surface area contributed by atoms with Crippen LogP contribution in [0.2, 0.25) is 0 Å². The molecule has 0 aliphatic carbocycles. The summed E-state index contributed by atoms with van der Waals surface area (Å²) in [4.78, 5) is 0. The van der Waals surface area contributed by atoms with Gasteiger partial charge in [0.05, 0.1) is 0 Å². The van der Waals surface area contributed by atoms with Gasteiger partial charge in [0.25, 0.3) is 0 Å². The first-order valence-electron chi connectivity index (χ1n) is 10.7. The van der Waals surface area contributed by atoms with Crippen LogP contribution in [0.25, 0.3) is 0 Å². The van der Waals surface area contributed by atoms with Crippen LogP contribution in [0.4, 0.5) is 0 Å². The topological polar surface area (TPSA) is 9.23 Å². The molecule has 1 nitrogen and oxygen atoms in total. The lowest BCUT2D eigenvalue weighted by atomic mass is 10.1. The predicted molar refractivity (Wildman–Crippen MR) is 113 cm³/mol. The van der Waals surface area contributed by atoms with Gasteiger partial charge in [-0.1, -0.05) is 92.8 Å². The van der Waals surface area contributed by atoms with Crippen LogP contribution in [-0.2, 0) is 4.74 Å². The van der Waals surface area contributed by atoms with Gasteiger partial charge in [0.15, 0.2) is 0 Å². The van der Waals surface area contributed by atoms with Crippen molar-refractivity contribution in [1.29, 1.82) is 0 Å². The Hall–Kier alpha value is 0.180. The molecular weight excluding hydrogens is 360 g/mol.